The normalized spacial score (nSPS) is 29.0. The lowest BCUT2D eigenvalue weighted by Crippen LogP contribution is -2.39. The molecule has 7 nitrogen and oxygen atoms in total. The number of nitrogens with two attached hydrogens (primary N) is 2. The SMILES string of the molecule is CC1OCCC1NC(=O)c1sc(N2CCC(N)C2)nc1N. The van der Waals surface area contributed by atoms with Gasteiger partial charge in [-0.15, -0.1) is 0 Å². The summed E-state index contributed by atoms with van der Waals surface area (Å²) < 4.78 is 5.45. The first-order valence-electron chi connectivity index (χ1n) is 7.24. The molecule has 8 heteroatoms. The number of amides is 1. The lowest BCUT2D eigenvalue weighted by molar-refractivity contribution is 0.0870. The summed E-state index contributed by atoms with van der Waals surface area (Å²) in [6.45, 7) is 4.27. The fourth-order valence-electron chi connectivity index (χ4n) is 2.73. The highest BCUT2D eigenvalue weighted by atomic mass is 32.1. The van der Waals surface area contributed by atoms with E-state index in [9.17, 15) is 4.79 Å². The maximum absolute atomic E-state index is 12.3. The molecule has 0 bridgehead atoms. The summed E-state index contributed by atoms with van der Waals surface area (Å²) >= 11 is 1.33. The second kappa shape index (κ2) is 5.78. The predicted molar refractivity (Wildman–Crippen MR) is 82.6 cm³/mol. The van der Waals surface area contributed by atoms with Crippen LogP contribution in [0.25, 0.3) is 0 Å². The monoisotopic (exact) mass is 311 g/mol. The van der Waals surface area contributed by atoms with Crippen LogP contribution in [0, 0.1) is 0 Å². The van der Waals surface area contributed by atoms with Gasteiger partial charge in [0.2, 0.25) is 0 Å². The smallest absolute Gasteiger partial charge is 0.265 e. The van der Waals surface area contributed by atoms with Crippen LogP contribution in [-0.4, -0.2) is 48.8 Å². The fourth-order valence-corrected chi connectivity index (χ4v) is 3.66. The number of hydrogen-bond acceptors (Lipinski definition) is 7. The minimum atomic E-state index is -0.165. The number of hydrogen-bond donors (Lipinski definition) is 3. The van der Waals surface area contributed by atoms with Gasteiger partial charge in [-0.3, -0.25) is 4.79 Å². The summed E-state index contributed by atoms with van der Waals surface area (Å²) in [7, 11) is 0. The Hall–Kier alpha value is -1.38. The molecule has 5 N–H and O–H groups in total. The zero-order valence-electron chi connectivity index (χ0n) is 12.0. The summed E-state index contributed by atoms with van der Waals surface area (Å²) in [5.41, 5.74) is 11.8. The van der Waals surface area contributed by atoms with Crippen molar-refractivity contribution in [2.24, 2.45) is 5.73 Å². The quantitative estimate of drug-likeness (QED) is 0.734. The van der Waals surface area contributed by atoms with E-state index in [0.29, 0.717) is 17.3 Å². The molecule has 2 fully saturated rings. The van der Waals surface area contributed by atoms with Crippen LogP contribution in [0.5, 0.6) is 0 Å². The van der Waals surface area contributed by atoms with Crippen molar-refractivity contribution in [3.8, 4) is 0 Å². The molecule has 1 aromatic rings. The van der Waals surface area contributed by atoms with Gasteiger partial charge in [0, 0.05) is 25.7 Å². The van der Waals surface area contributed by atoms with Crippen molar-refractivity contribution < 1.29 is 9.53 Å². The first kappa shape index (κ1) is 14.6. The minimum absolute atomic E-state index is 0.0409. The van der Waals surface area contributed by atoms with Gasteiger partial charge in [-0.05, 0) is 19.8 Å². The Morgan fingerprint density at radius 3 is 2.95 bits per heavy atom. The molecule has 2 aliphatic heterocycles. The molecule has 1 amide bonds. The first-order valence-corrected chi connectivity index (χ1v) is 8.05. The second-order valence-corrected chi connectivity index (χ2v) is 6.63. The molecule has 1 aromatic heterocycles. The average Bonchev–Trinajstić information content (AvgIpc) is 3.12. The molecule has 116 valence electrons. The van der Waals surface area contributed by atoms with Crippen molar-refractivity contribution in [1.82, 2.24) is 10.3 Å². The van der Waals surface area contributed by atoms with Gasteiger partial charge in [0.15, 0.2) is 5.13 Å². The molecule has 0 spiro atoms. The Bertz CT molecular complexity index is 535. The molecule has 0 aromatic carbocycles. The highest BCUT2D eigenvalue weighted by Crippen LogP contribution is 2.30. The summed E-state index contributed by atoms with van der Waals surface area (Å²) in [4.78, 5) is 19.2. The van der Waals surface area contributed by atoms with Gasteiger partial charge in [0.25, 0.3) is 5.91 Å². The van der Waals surface area contributed by atoms with E-state index in [4.69, 9.17) is 16.2 Å². The number of rotatable bonds is 3. The average molecular weight is 311 g/mol. The van der Waals surface area contributed by atoms with Gasteiger partial charge in [-0.2, -0.15) is 0 Å². The topological polar surface area (TPSA) is 106 Å². The van der Waals surface area contributed by atoms with E-state index in [1.807, 2.05) is 6.92 Å². The molecule has 2 aliphatic rings. The number of nitrogens with one attached hydrogen (secondary N) is 1. The molecular weight excluding hydrogens is 290 g/mol. The molecule has 3 atom stereocenters. The zero-order chi connectivity index (χ0) is 15.0. The highest BCUT2D eigenvalue weighted by molar-refractivity contribution is 7.18. The van der Waals surface area contributed by atoms with E-state index < -0.39 is 0 Å². The number of thiazole rings is 1. The maximum Gasteiger partial charge on any atom is 0.265 e. The Morgan fingerprint density at radius 2 is 2.33 bits per heavy atom. The number of ether oxygens (including phenoxy) is 1. The third kappa shape index (κ3) is 2.97. The van der Waals surface area contributed by atoms with Gasteiger partial charge in [0.05, 0.1) is 12.1 Å². The molecule has 3 unspecified atom stereocenters. The van der Waals surface area contributed by atoms with E-state index >= 15 is 0 Å². The van der Waals surface area contributed by atoms with Crippen molar-refractivity contribution in [3.63, 3.8) is 0 Å². The molecule has 0 saturated carbocycles. The van der Waals surface area contributed by atoms with E-state index in [-0.39, 0.29) is 24.1 Å². The van der Waals surface area contributed by atoms with Crippen molar-refractivity contribution >= 4 is 28.2 Å². The number of anilines is 2. The summed E-state index contributed by atoms with van der Waals surface area (Å²) in [5, 5.41) is 3.76. The van der Waals surface area contributed by atoms with Crippen LogP contribution in [0.3, 0.4) is 0 Å². The van der Waals surface area contributed by atoms with Crippen LogP contribution in [0.15, 0.2) is 0 Å². The maximum atomic E-state index is 12.3. The minimum Gasteiger partial charge on any atom is -0.382 e. The Labute approximate surface area is 127 Å². The molecule has 3 rings (SSSR count). The summed E-state index contributed by atoms with van der Waals surface area (Å²) in [5.74, 6) is 0.127. The number of nitrogen functional groups attached to an aromatic ring is 1. The van der Waals surface area contributed by atoms with Crippen LogP contribution < -0.4 is 21.7 Å². The van der Waals surface area contributed by atoms with Crippen molar-refractivity contribution in [3.05, 3.63) is 4.88 Å². The molecule has 0 radical (unpaired) electrons. The largest absolute Gasteiger partial charge is 0.382 e. The van der Waals surface area contributed by atoms with E-state index in [0.717, 1.165) is 31.1 Å². The second-order valence-electron chi connectivity index (χ2n) is 5.65. The Morgan fingerprint density at radius 1 is 1.52 bits per heavy atom. The molecule has 0 aliphatic carbocycles. The van der Waals surface area contributed by atoms with Crippen LogP contribution >= 0.6 is 11.3 Å². The van der Waals surface area contributed by atoms with Crippen molar-refractivity contribution in [1.29, 1.82) is 0 Å². The predicted octanol–water partition coefficient (Wildman–Crippen LogP) is 0.170. The first-order chi connectivity index (χ1) is 10.0. The molecule has 3 heterocycles. The van der Waals surface area contributed by atoms with Crippen LogP contribution in [0.2, 0.25) is 0 Å². The summed E-state index contributed by atoms with van der Waals surface area (Å²) in [6.07, 6.45) is 1.82. The molecule has 2 saturated heterocycles. The Kier molecular flexibility index (Phi) is 4.01. The van der Waals surface area contributed by atoms with Gasteiger partial charge in [0.1, 0.15) is 10.7 Å². The fraction of sp³-hybridized carbons (Fsp3) is 0.692. The third-order valence-corrected chi connectivity index (χ3v) is 5.17. The number of nitrogens with zero attached hydrogens (tertiary/aromatic N) is 2. The molecular formula is C13H21N5O2S. The lowest BCUT2D eigenvalue weighted by Gasteiger charge is -2.15. The number of carbonyl (C=O) groups is 1. The Balaban J connectivity index is 1.70. The standard InChI is InChI=1S/C13H21N5O2S/c1-7-9(3-5-20-7)16-12(19)10-11(15)17-13(21-10)18-4-2-8(14)6-18/h7-9H,2-6,14-15H2,1H3,(H,16,19). The van der Waals surface area contributed by atoms with Crippen molar-refractivity contribution in [2.75, 3.05) is 30.3 Å². The van der Waals surface area contributed by atoms with Gasteiger partial charge in [-0.1, -0.05) is 11.3 Å². The highest BCUT2D eigenvalue weighted by Gasteiger charge is 2.29. The third-order valence-electron chi connectivity index (χ3n) is 4.04. The van der Waals surface area contributed by atoms with E-state index in [1.165, 1.54) is 11.3 Å². The van der Waals surface area contributed by atoms with Crippen LogP contribution in [-0.2, 0) is 4.74 Å². The van der Waals surface area contributed by atoms with E-state index in [2.05, 4.69) is 15.2 Å². The van der Waals surface area contributed by atoms with Crippen LogP contribution in [0.1, 0.15) is 29.4 Å². The van der Waals surface area contributed by atoms with Crippen LogP contribution in [0.4, 0.5) is 10.9 Å². The van der Waals surface area contributed by atoms with Gasteiger partial charge in [-0.25, -0.2) is 4.98 Å². The molecule has 21 heavy (non-hydrogen) atoms. The van der Waals surface area contributed by atoms with Crippen molar-refractivity contribution in [2.45, 2.75) is 38.0 Å². The number of aromatic nitrogens is 1. The lowest BCUT2D eigenvalue weighted by atomic mass is 10.1. The van der Waals surface area contributed by atoms with Gasteiger partial charge >= 0.3 is 0 Å². The van der Waals surface area contributed by atoms with Gasteiger partial charge < -0.3 is 26.4 Å². The number of carbonyl (C=O) groups excluding carboxylic acids is 1. The zero-order valence-corrected chi connectivity index (χ0v) is 12.9. The van der Waals surface area contributed by atoms with E-state index in [1.54, 1.807) is 0 Å². The summed E-state index contributed by atoms with van der Waals surface area (Å²) in [6, 6.07) is 0.214.